The first-order chi connectivity index (χ1) is 9.78. The van der Waals surface area contributed by atoms with E-state index >= 15 is 0 Å². The molecule has 0 saturated carbocycles. The summed E-state index contributed by atoms with van der Waals surface area (Å²) in [5.41, 5.74) is 0.279. The number of thioether (sulfide) groups is 1. The maximum absolute atomic E-state index is 12.5. The molecule has 0 radical (unpaired) electrons. The van der Waals surface area contributed by atoms with Crippen LogP contribution in [0.3, 0.4) is 0 Å². The summed E-state index contributed by atoms with van der Waals surface area (Å²) in [5.74, 6) is 0.345. The number of anilines is 1. The highest BCUT2D eigenvalue weighted by molar-refractivity contribution is 7.99. The van der Waals surface area contributed by atoms with Crippen LogP contribution in [0, 0.1) is 0 Å². The molecule has 2 amide bonds. The average Bonchev–Trinajstić information content (AvgIpc) is 2.50. The molecule has 1 aromatic carbocycles. The second-order valence-corrected chi connectivity index (χ2v) is 6.94. The standard InChI is InChI=1S/C15H20N2O3S/c1-15(2,3)20-14(19)16-10-9-21-12-8-6-5-7-11(12)17(4)13(10)18/h5-8,10H,9H2,1-4H3,(H,16,19). The lowest BCUT2D eigenvalue weighted by Gasteiger charge is -2.24. The summed E-state index contributed by atoms with van der Waals surface area (Å²) in [6, 6.07) is 7.11. The van der Waals surface area contributed by atoms with Crippen LogP contribution in [0.25, 0.3) is 0 Å². The Bertz CT molecular complexity index is 554. The zero-order valence-corrected chi connectivity index (χ0v) is 13.5. The van der Waals surface area contributed by atoms with Crippen LogP contribution in [0.1, 0.15) is 20.8 Å². The average molecular weight is 308 g/mol. The molecule has 1 atom stereocenters. The quantitative estimate of drug-likeness (QED) is 0.866. The van der Waals surface area contributed by atoms with E-state index in [4.69, 9.17) is 4.74 Å². The van der Waals surface area contributed by atoms with E-state index in [1.165, 1.54) is 0 Å². The summed E-state index contributed by atoms with van der Waals surface area (Å²) in [6.45, 7) is 5.37. The molecule has 1 heterocycles. The number of rotatable bonds is 1. The van der Waals surface area contributed by atoms with Gasteiger partial charge in [0.25, 0.3) is 0 Å². The molecule has 0 aliphatic carbocycles. The van der Waals surface area contributed by atoms with Gasteiger partial charge in [0, 0.05) is 17.7 Å². The predicted molar refractivity (Wildman–Crippen MR) is 83.7 cm³/mol. The monoisotopic (exact) mass is 308 g/mol. The number of nitrogens with zero attached hydrogens (tertiary/aromatic N) is 1. The van der Waals surface area contributed by atoms with E-state index < -0.39 is 17.7 Å². The molecule has 0 aromatic heterocycles. The molecule has 6 heteroatoms. The highest BCUT2D eigenvalue weighted by atomic mass is 32.2. The molecule has 1 N–H and O–H groups in total. The minimum absolute atomic E-state index is 0.140. The number of carbonyl (C=O) groups is 2. The fraction of sp³-hybridized carbons (Fsp3) is 0.467. The topological polar surface area (TPSA) is 58.6 Å². The molecule has 0 spiro atoms. The Morgan fingerprint density at radius 3 is 2.71 bits per heavy atom. The maximum Gasteiger partial charge on any atom is 0.408 e. The van der Waals surface area contributed by atoms with Gasteiger partial charge in [-0.05, 0) is 32.9 Å². The maximum atomic E-state index is 12.5. The molecule has 1 aromatic rings. The van der Waals surface area contributed by atoms with Crippen molar-refractivity contribution in [2.75, 3.05) is 17.7 Å². The SMILES string of the molecule is CN1C(=O)C(NC(=O)OC(C)(C)C)CSc2ccccc21. The number of hydrogen-bond acceptors (Lipinski definition) is 4. The van der Waals surface area contributed by atoms with Crippen molar-refractivity contribution in [3.8, 4) is 0 Å². The minimum Gasteiger partial charge on any atom is -0.444 e. The summed E-state index contributed by atoms with van der Waals surface area (Å²) < 4.78 is 5.21. The molecule has 5 nitrogen and oxygen atoms in total. The Kier molecular flexibility index (Phi) is 4.46. The van der Waals surface area contributed by atoms with Crippen LogP contribution >= 0.6 is 11.8 Å². The van der Waals surface area contributed by atoms with Crippen molar-refractivity contribution in [3.63, 3.8) is 0 Å². The number of likely N-dealkylation sites (N-methyl/N-ethyl adjacent to an activating group) is 1. The van der Waals surface area contributed by atoms with Gasteiger partial charge in [-0.1, -0.05) is 12.1 Å². The van der Waals surface area contributed by atoms with E-state index in [1.807, 2.05) is 24.3 Å². The second-order valence-electron chi connectivity index (χ2n) is 5.87. The normalized spacial score (nSPS) is 18.8. The van der Waals surface area contributed by atoms with Crippen LogP contribution in [0.4, 0.5) is 10.5 Å². The van der Waals surface area contributed by atoms with E-state index in [0.29, 0.717) is 5.75 Å². The Morgan fingerprint density at radius 2 is 2.05 bits per heavy atom. The van der Waals surface area contributed by atoms with Crippen LogP contribution in [0.5, 0.6) is 0 Å². The summed E-state index contributed by atoms with van der Waals surface area (Å²) in [7, 11) is 1.72. The summed E-state index contributed by atoms with van der Waals surface area (Å²) in [5, 5.41) is 2.66. The molecule has 2 rings (SSSR count). The van der Waals surface area contributed by atoms with Gasteiger partial charge in [-0.3, -0.25) is 4.79 Å². The van der Waals surface area contributed by atoms with Gasteiger partial charge in [-0.25, -0.2) is 4.79 Å². The fourth-order valence-corrected chi connectivity index (χ4v) is 3.11. The Balaban J connectivity index is 2.11. The largest absolute Gasteiger partial charge is 0.444 e. The molecular weight excluding hydrogens is 288 g/mol. The lowest BCUT2D eigenvalue weighted by Crippen LogP contribution is -2.49. The van der Waals surface area contributed by atoms with Crippen molar-refractivity contribution in [1.29, 1.82) is 0 Å². The van der Waals surface area contributed by atoms with Gasteiger partial charge >= 0.3 is 6.09 Å². The third-order valence-electron chi connectivity index (χ3n) is 2.95. The van der Waals surface area contributed by atoms with Crippen LogP contribution < -0.4 is 10.2 Å². The number of amides is 2. The third-order valence-corrected chi connectivity index (χ3v) is 4.11. The highest BCUT2D eigenvalue weighted by Gasteiger charge is 2.30. The smallest absolute Gasteiger partial charge is 0.408 e. The third kappa shape index (κ3) is 3.91. The lowest BCUT2D eigenvalue weighted by atomic mass is 10.2. The van der Waals surface area contributed by atoms with Gasteiger partial charge < -0.3 is 15.0 Å². The van der Waals surface area contributed by atoms with Crippen molar-refractivity contribution in [1.82, 2.24) is 5.32 Å². The Labute approximate surface area is 129 Å². The first kappa shape index (κ1) is 15.7. The van der Waals surface area contributed by atoms with Gasteiger partial charge in [-0.2, -0.15) is 0 Å². The van der Waals surface area contributed by atoms with Crippen LogP contribution in [0.2, 0.25) is 0 Å². The number of ether oxygens (including phenoxy) is 1. The van der Waals surface area contributed by atoms with Crippen LogP contribution in [0.15, 0.2) is 29.2 Å². The molecular formula is C15H20N2O3S. The molecule has 1 unspecified atom stereocenters. The number of hydrogen-bond donors (Lipinski definition) is 1. The molecule has 1 aliphatic rings. The zero-order valence-electron chi connectivity index (χ0n) is 12.7. The Hall–Kier alpha value is -1.69. The van der Waals surface area contributed by atoms with E-state index in [-0.39, 0.29) is 5.91 Å². The molecule has 0 saturated heterocycles. The van der Waals surface area contributed by atoms with E-state index in [2.05, 4.69) is 5.32 Å². The molecule has 1 aliphatic heterocycles. The van der Waals surface area contributed by atoms with Gasteiger partial charge in [0.1, 0.15) is 11.6 Å². The summed E-state index contributed by atoms with van der Waals surface area (Å²) in [6.07, 6.45) is -0.569. The number of nitrogens with one attached hydrogen (secondary N) is 1. The van der Waals surface area contributed by atoms with Crippen molar-refractivity contribution < 1.29 is 14.3 Å². The molecule has 0 fully saturated rings. The van der Waals surface area contributed by atoms with Crippen molar-refractivity contribution in [2.45, 2.75) is 37.3 Å². The van der Waals surface area contributed by atoms with Crippen LogP contribution in [-0.4, -0.2) is 36.4 Å². The number of benzene rings is 1. The molecule has 21 heavy (non-hydrogen) atoms. The molecule has 114 valence electrons. The molecule has 0 bridgehead atoms. The lowest BCUT2D eigenvalue weighted by molar-refractivity contribution is -0.119. The second kappa shape index (κ2) is 5.97. The summed E-state index contributed by atoms with van der Waals surface area (Å²) >= 11 is 1.55. The predicted octanol–water partition coefficient (Wildman–Crippen LogP) is 2.65. The van der Waals surface area contributed by atoms with Crippen molar-refractivity contribution in [3.05, 3.63) is 24.3 Å². The van der Waals surface area contributed by atoms with Crippen molar-refractivity contribution >= 4 is 29.4 Å². The summed E-state index contributed by atoms with van der Waals surface area (Å²) in [4.78, 5) is 26.9. The number of para-hydroxylation sites is 1. The number of alkyl carbamates (subject to hydrolysis) is 1. The zero-order chi connectivity index (χ0) is 15.6. The van der Waals surface area contributed by atoms with Crippen LogP contribution in [-0.2, 0) is 9.53 Å². The number of fused-ring (bicyclic) bond motifs is 1. The van der Waals surface area contributed by atoms with Gasteiger partial charge in [-0.15, -0.1) is 11.8 Å². The minimum atomic E-state index is -0.595. The van der Waals surface area contributed by atoms with Gasteiger partial charge in [0.15, 0.2) is 0 Å². The van der Waals surface area contributed by atoms with E-state index in [9.17, 15) is 9.59 Å². The van der Waals surface area contributed by atoms with Gasteiger partial charge in [0.05, 0.1) is 5.69 Å². The van der Waals surface area contributed by atoms with E-state index in [0.717, 1.165) is 10.6 Å². The fourth-order valence-electron chi connectivity index (χ4n) is 2.01. The first-order valence-electron chi connectivity index (χ1n) is 6.77. The highest BCUT2D eigenvalue weighted by Crippen LogP contribution is 2.33. The Morgan fingerprint density at radius 1 is 1.38 bits per heavy atom. The van der Waals surface area contributed by atoms with Crippen molar-refractivity contribution in [2.24, 2.45) is 0 Å². The van der Waals surface area contributed by atoms with E-state index in [1.54, 1.807) is 44.5 Å². The number of carbonyl (C=O) groups excluding carboxylic acids is 2. The van der Waals surface area contributed by atoms with Gasteiger partial charge in [0.2, 0.25) is 5.91 Å². The first-order valence-corrected chi connectivity index (χ1v) is 7.75.